The fourth-order valence-corrected chi connectivity index (χ4v) is 2.76. The van der Waals surface area contributed by atoms with Crippen molar-refractivity contribution in [3.05, 3.63) is 97.3 Å². The number of hydrogen-bond acceptors (Lipinski definition) is 1. The molecule has 2 heteroatoms. The lowest BCUT2D eigenvalue weighted by Crippen LogP contribution is -2.01. The summed E-state index contributed by atoms with van der Waals surface area (Å²) in [7, 11) is 0.777. The van der Waals surface area contributed by atoms with Gasteiger partial charge in [0.2, 0.25) is 0 Å². The molecule has 0 spiro atoms. The highest BCUT2D eigenvalue weighted by molar-refractivity contribution is 7.55. The zero-order valence-electron chi connectivity index (χ0n) is 11.8. The number of pyridine rings is 1. The van der Waals surface area contributed by atoms with E-state index in [1.807, 2.05) is 18.2 Å². The van der Waals surface area contributed by atoms with Crippen LogP contribution in [-0.2, 0) is 0 Å². The Morgan fingerprint density at radius 3 is 1.62 bits per heavy atom. The summed E-state index contributed by atoms with van der Waals surface area (Å²) in [5, 5.41) is 2.79. The topological polar surface area (TPSA) is 12.9 Å². The van der Waals surface area contributed by atoms with Crippen molar-refractivity contribution in [2.24, 2.45) is 0 Å². The molecule has 104 valence electrons. The molecule has 0 aliphatic rings. The first kappa shape index (κ1) is 15.2. The van der Waals surface area contributed by atoms with E-state index in [2.05, 4.69) is 72.2 Å². The van der Waals surface area contributed by atoms with Gasteiger partial charge in [-0.15, -0.1) is 0 Å². The molecule has 0 aliphatic carbocycles. The van der Waals surface area contributed by atoms with E-state index in [1.165, 1.54) is 10.6 Å². The van der Waals surface area contributed by atoms with Crippen LogP contribution in [0.4, 0.5) is 0 Å². The van der Waals surface area contributed by atoms with Crippen LogP contribution in [0.25, 0.3) is 6.08 Å². The Morgan fingerprint density at radius 2 is 1.24 bits per heavy atom. The van der Waals surface area contributed by atoms with Gasteiger partial charge in [-0.1, -0.05) is 81.9 Å². The molecular formula is C19H18NP. The number of aromatic nitrogens is 1. The SMILES string of the molecule is C=Cc1ccccn1.c1ccc(Pc2ccccc2)cc1. The average Bonchev–Trinajstić information content (AvgIpc) is 2.58. The van der Waals surface area contributed by atoms with Crippen molar-refractivity contribution in [3.63, 3.8) is 0 Å². The molecule has 0 N–H and O–H groups in total. The standard InChI is InChI=1S/C12H11P.C7H7N/c1-3-7-11(8-4-1)13-12-9-5-2-6-10-12;1-2-7-5-3-4-6-8-7/h1-10,13H;2-6H,1H2. The Balaban J connectivity index is 0.000000173. The molecule has 3 rings (SSSR count). The van der Waals surface area contributed by atoms with Gasteiger partial charge in [-0.2, -0.15) is 0 Å². The van der Waals surface area contributed by atoms with Gasteiger partial charge in [0.25, 0.3) is 0 Å². The maximum Gasteiger partial charge on any atom is 0.0623 e. The highest BCUT2D eigenvalue weighted by Crippen LogP contribution is 2.08. The Labute approximate surface area is 128 Å². The molecule has 0 amide bonds. The van der Waals surface area contributed by atoms with E-state index in [1.54, 1.807) is 12.3 Å². The molecule has 0 saturated heterocycles. The van der Waals surface area contributed by atoms with Crippen molar-refractivity contribution < 1.29 is 0 Å². The van der Waals surface area contributed by atoms with E-state index in [0.717, 1.165) is 14.3 Å². The molecule has 0 fully saturated rings. The first-order valence-corrected chi connectivity index (χ1v) is 7.79. The van der Waals surface area contributed by atoms with E-state index in [0.29, 0.717) is 0 Å². The number of nitrogens with zero attached hydrogens (tertiary/aromatic N) is 1. The zero-order chi connectivity index (χ0) is 14.8. The van der Waals surface area contributed by atoms with Crippen molar-refractivity contribution in [1.82, 2.24) is 4.98 Å². The molecule has 0 saturated carbocycles. The van der Waals surface area contributed by atoms with E-state index in [9.17, 15) is 0 Å². The number of hydrogen-bond donors (Lipinski definition) is 0. The quantitative estimate of drug-likeness (QED) is 0.664. The minimum Gasteiger partial charge on any atom is -0.257 e. The van der Waals surface area contributed by atoms with Gasteiger partial charge >= 0.3 is 0 Å². The van der Waals surface area contributed by atoms with Crippen LogP contribution >= 0.6 is 8.58 Å². The predicted molar refractivity (Wildman–Crippen MR) is 94.8 cm³/mol. The second-order valence-electron chi connectivity index (χ2n) is 4.32. The molecule has 3 aromatic rings. The lowest BCUT2D eigenvalue weighted by Gasteiger charge is -2.00. The van der Waals surface area contributed by atoms with E-state index < -0.39 is 0 Å². The molecule has 0 unspecified atom stereocenters. The van der Waals surface area contributed by atoms with Gasteiger partial charge in [0.15, 0.2) is 0 Å². The third-order valence-corrected chi connectivity index (χ3v) is 3.98. The molecule has 21 heavy (non-hydrogen) atoms. The summed E-state index contributed by atoms with van der Waals surface area (Å²) in [4.78, 5) is 3.98. The lowest BCUT2D eigenvalue weighted by atomic mass is 10.4. The van der Waals surface area contributed by atoms with Crippen LogP contribution in [0.3, 0.4) is 0 Å². The van der Waals surface area contributed by atoms with Crippen LogP contribution in [-0.4, -0.2) is 4.98 Å². The first-order chi connectivity index (χ1) is 10.4. The third kappa shape index (κ3) is 5.72. The Hall–Kier alpha value is -2.24. The fourth-order valence-electron chi connectivity index (χ4n) is 1.71. The van der Waals surface area contributed by atoms with Gasteiger partial charge in [0, 0.05) is 6.20 Å². The molecule has 0 aliphatic heterocycles. The Morgan fingerprint density at radius 1 is 0.714 bits per heavy atom. The fraction of sp³-hybridized carbons (Fsp3) is 0. The minimum atomic E-state index is 0.777. The summed E-state index contributed by atoms with van der Waals surface area (Å²) in [6.45, 7) is 3.57. The van der Waals surface area contributed by atoms with Crippen LogP contribution in [0, 0.1) is 0 Å². The summed E-state index contributed by atoms with van der Waals surface area (Å²) < 4.78 is 0. The van der Waals surface area contributed by atoms with Gasteiger partial charge in [0.1, 0.15) is 0 Å². The molecule has 0 radical (unpaired) electrons. The van der Waals surface area contributed by atoms with E-state index in [4.69, 9.17) is 0 Å². The Kier molecular flexibility index (Phi) is 6.38. The average molecular weight is 291 g/mol. The molecule has 1 aromatic heterocycles. The van der Waals surface area contributed by atoms with Crippen molar-refractivity contribution in [2.75, 3.05) is 0 Å². The summed E-state index contributed by atoms with van der Waals surface area (Å²) in [5.74, 6) is 0. The van der Waals surface area contributed by atoms with Crippen molar-refractivity contribution >= 4 is 25.3 Å². The predicted octanol–water partition coefficient (Wildman–Crippen LogP) is 4.04. The van der Waals surface area contributed by atoms with Crippen LogP contribution in [0.5, 0.6) is 0 Å². The second kappa shape index (κ2) is 8.84. The number of rotatable bonds is 3. The molecule has 1 heterocycles. The lowest BCUT2D eigenvalue weighted by molar-refractivity contribution is 1.30. The van der Waals surface area contributed by atoms with E-state index >= 15 is 0 Å². The summed E-state index contributed by atoms with van der Waals surface area (Å²) in [6.07, 6.45) is 3.47. The molecular weight excluding hydrogens is 273 g/mol. The first-order valence-electron chi connectivity index (χ1n) is 6.79. The maximum absolute atomic E-state index is 3.98. The van der Waals surface area contributed by atoms with E-state index in [-0.39, 0.29) is 0 Å². The molecule has 2 aromatic carbocycles. The van der Waals surface area contributed by atoms with Gasteiger partial charge in [0.05, 0.1) is 5.69 Å². The van der Waals surface area contributed by atoms with Gasteiger partial charge in [-0.3, -0.25) is 4.98 Å². The van der Waals surface area contributed by atoms with Gasteiger partial charge in [-0.25, -0.2) is 0 Å². The Bertz CT molecular complexity index is 599. The molecule has 1 nitrogen and oxygen atoms in total. The van der Waals surface area contributed by atoms with Crippen molar-refractivity contribution in [1.29, 1.82) is 0 Å². The highest BCUT2D eigenvalue weighted by Gasteiger charge is 1.92. The monoisotopic (exact) mass is 291 g/mol. The van der Waals surface area contributed by atoms with Crippen LogP contribution in [0.1, 0.15) is 5.69 Å². The van der Waals surface area contributed by atoms with Crippen LogP contribution in [0.15, 0.2) is 91.6 Å². The second-order valence-corrected chi connectivity index (χ2v) is 5.72. The summed E-state index contributed by atoms with van der Waals surface area (Å²) in [6, 6.07) is 26.9. The summed E-state index contributed by atoms with van der Waals surface area (Å²) >= 11 is 0. The van der Waals surface area contributed by atoms with Crippen LogP contribution < -0.4 is 10.6 Å². The van der Waals surface area contributed by atoms with Gasteiger partial charge in [-0.05, 0) is 28.8 Å². The molecule has 0 atom stereocenters. The maximum atomic E-state index is 3.98. The van der Waals surface area contributed by atoms with Crippen molar-refractivity contribution in [2.45, 2.75) is 0 Å². The highest BCUT2D eigenvalue weighted by atomic mass is 31.1. The summed E-state index contributed by atoms with van der Waals surface area (Å²) in [5.41, 5.74) is 0.924. The third-order valence-electron chi connectivity index (χ3n) is 2.73. The minimum absolute atomic E-state index is 0.777. The van der Waals surface area contributed by atoms with Gasteiger partial charge < -0.3 is 0 Å². The molecule has 0 bridgehead atoms. The van der Waals surface area contributed by atoms with Crippen molar-refractivity contribution in [3.8, 4) is 0 Å². The number of benzene rings is 2. The van der Waals surface area contributed by atoms with Crippen LogP contribution in [0.2, 0.25) is 0 Å². The largest absolute Gasteiger partial charge is 0.257 e. The smallest absolute Gasteiger partial charge is 0.0623 e. The normalized spacial score (nSPS) is 9.33. The zero-order valence-corrected chi connectivity index (χ0v) is 12.8.